The van der Waals surface area contributed by atoms with Crippen molar-refractivity contribution in [1.82, 2.24) is 5.32 Å². The van der Waals surface area contributed by atoms with Crippen LogP contribution < -0.4 is 15.8 Å². The smallest absolute Gasteiger partial charge is 0.293 e. The molecule has 0 radical (unpaired) electrons. The summed E-state index contributed by atoms with van der Waals surface area (Å²) in [5, 5.41) is 23.8. The number of nitrogens with one attached hydrogen (secondary N) is 2. The zero-order chi connectivity index (χ0) is 23.3. The molecule has 1 unspecified atom stereocenters. The Morgan fingerprint density at radius 1 is 1.19 bits per heavy atom. The maximum atomic E-state index is 13.3. The van der Waals surface area contributed by atoms with Gasteiger partial charge in [0.15, 0.2) is 0 Å². The van der Waals surface area contributed by atoms with Crippen LogP contribution in [0.4, 0.5) is 15.8 Å². The van der Waals surface area contributed by atoms with Gasteiger partial charge in [0.25, 0.3) is 5.69 Å². The highest BCUT2D eigenvalue weighted by Crippen LogP contribution is 2.28. The number of hydrogen-bond acceptors (Lipinski definition) is 7. The fourth-order valence-electron chi connectivity index (χ4n) is 2.96. The van der Waals surface area contributed by atoms with Gasteiger partial charge in [0.2, 0.25) is 15.9 Å². The van der Waals surface area contributed by atoms with Crippen LogP contribution in [0.3, 0.4) is 0 Å². The fraction of sp³-hybridized carbons (Fsp3) is 0.150. The van der Waals surface area contributed by atoms with E-state index < -0.39 is 26.7 Å². The average molecular weight is 479 g/mol. The number of nitrogens with two attached hydrogens (primary N) is 1. The molecule has 1 heterocycles. The lowest BCUT2D eigenvalue weighted by Crippen LogP contribution is -2.30. The second-order valence-electron chi connectivity index (χ2n) is 6.73. The van der Waals surface area contributed by atoms with Crippen molar-refractivity contribution in [2.45, 2.75) is 17.4 Å². The maximum Gasteiger partial charge on any atom is 0.293 e. The third-order valence-corrected chi connectivity index (χ3v) is 6.35. The van der Waals surface area contributed by atoms with E-state index in [4.69, 9.17) is 5.14 Å². The molecule has 3 rings (SSSR count). The lowest BCUT2D eigenvalue weighted by atomic mass is 10.1. The van der Waals surface area contributed by atoms with Crippen LogP contribution in [0.25, 0.3) is 0 Å². The van der Waals surface area contributed by atoms with E-state index in [-0.39, 0.29) is 35.3 Å². The first-order chi connectivity index (χ1) is 15.1. The summed E-state index contributed by atoms with van der Waals surface area (Å²) < 4.78 is 36.1. The van der Waals surface area contributed by atoms with Gasteiger partial charge in [0.1, 0.15) is 11.5 Å². The van der Waals surface area contributed by atoms with Crippen molar-refractivity contribution >= 4 is 38.6 Å². The summed E-state index contributed by atoms with van der Waals surface area (Å²) in [6, 6.07) is 12.3. The Balaban J connectivity index is 1.67. The molecule has 0 saturated heterocycles. The predicted octanol–water partition coefficient (Wildman–Crippen LogP) is 3.15. The van der Waals surface area contributed by atoms with Gasteiger partial charge in [-0.05, 0) is 41.3 Å². The summed E-state index contributed by atoms with van der Waals surface area (Å²) in [7, 11) is -4.09. The molecule has 0 saturated carbocycles. The first-order valence-corrected chi connectivity index (χ1v) is 11.7. The number of halogens is 1. The third kappa shape index (κ3) is 5.87. The van der Waals surface area contributed by atoms with E-state index in [1.165, 1.54) is 29.5 Å². The van der Waals surface area contributed by atoms with Gasteiger partial charge < -0.3 is 10.6 Å². The maximum absolute atomic E-state index is 13.3. The fourth-order valence-corrected chi connectivity index (χ4v) is 4.30. The van der Waals surface area contributed by atoms with Crippen LogP contribution in [-0.2, 0) is 14.8 Å². The van der Waals surface area contributed by atoms with Crippen molar-refractivity contribution in [2.24, 2.45) is 5.14 Å². The SMILES string of the molecule is NS(=O)(=O)c1ccc(NCCC(=O)NC(c2ccc(F)cc2)c2cccs2)c([N+](=O)[O-])c1. The van der Waals surface area contributed by atoms with Crippen LogP contribution in [0.2, 0.25) is 0 Å². The number of nitro groups is 1. The Bertz CT molecular complexity index is 1220. The second kappa shape index (κ2) is 9.85. The molecule has 32 heavy (non-hydrogen) atoms. The van der Waals surface area contributed by atoms with Gasteiger partial charge in [-0.2, -0.15) is 0 Å². The Morgan fingerprint density at radius 3 is 2.50 bits per heavy atom. The van der Waals surface area contributed by atoms with E-state index >= 15 is 0 Å². The molecule has 2 aromatic carbocycles. The number of carbonyl (C=O) groups is 1. The number of benzene rings is 2. The average Bonchev–Trinajstić information content (AvgIpc) is 3.26. The topological polar surface area (TPSA) is 144 Å². The molecule has 9 nitrogen and oxygen atoms in total. The van der Waals surface area contributed by atoms with Crippen molar-refractivity contribution in [3.05, 3.63) is 86.3 Å². The summed E-state index contributed by atoms with van der Waals surface area (Å²) in [6.07, 6.45) is -0.0167. The lowest BCUT2D eigenvalue weighted by molar-refractivity contribution is -0.384. The van der Waals surface area contributed by atoms with Crippen LogP contribution in [0.5, 0.6) is 0 Å². The molecular formula is C20H19FN4O5S2. The van der Waals surface area contributed by atoms with Crippen LogP contribution in [0.15, 0.2) is 64.9 Å². The van der Waals surface area contributed by atoms with E-state index in [9.17, 15) is 27.7 Å². The summed E-state index contributed by atoms with van der Waals surface area (Å²) in [5.41, 5.74) is 0.299. The van der Waals surface area contributed by atoms with Crippen LogP contribution in [-0.4, -0.2) is 25.8 Å². The molecule has 0 fully saturated rings. The molecular weight excluding hydrogens is 459 g/mol. The number of rotatable bonds is 9. The Morgan fingerprint density at radius 2 is 1.91 bits per heavy atom. The predicted molar refractivity (Wildman–Crippen MR) is 118 cm³/mol. The third-order valence-electron chi connectivity index (χ3n) is 4.50. The normalized spacial score (nSPS) is 12.2. The molecule has 0 spiro atoms. The number of sulfonamides is 1. The monoisotopic (exact) mass is 478 g/mol. The molecule has 3 aromatic rings. The molecule has 0 aliphatic heterocycles. The Kier molecular flexibility index (Phi) is 7.18. The number of nitro benzene ring substituents is 1. The number of nitrogens with zero attached hydrogens (tertiary/aromatic N) is 1. The van der Waals surface area contributed by atoms with Gasteiger partial charge in [-0.3, -0.25) is 14.9 Å². The zero-order valence-electron chi connectivity index (χ0n) is 16.5. The van der Waals surface area contributed by atoms with Crippen LogP contribution in [0.1, 0.15) is 22.9 Å². The van der Waals surface area contributed by atoms with Gasteiger partial charge >= 0.3 is 0 Å². The molecule has 12 heteroatoms. The lowest BCUT2D eigenvalue weighted by Gasteiger charge is -2.18. The summed E-state index contributed by atoms with van der Waals surface area (Å²) in [5.74, 6) is -0.715. The first kappa shape index (κ1) is 23.3. The Labute approximate surface area is 187 Å². The van der Waals surface area contributed by atoms with Crippen LogP contribution >= 0.6 is 11.3 Å². The Hall–Kier alpha value is -3.35. The van der Waals surface area contributed by atoms with Crippen LogP contribution in [0, 0.1) is 15.9 Å². The minimum atomic E-state index is -4.09. The van der Waals surface area contributed by atoms with Crippen molar-refractivity contribution in [1.29, 1.82) is 0 Å². The highest BCUT2D eigenvalue weighted by Gasteiger charge is 2.20. The molecule has 4 N–H and O–H groups in total. The molecule has 0 aliphatic carbocycles. The number of primary sulfonamides is 1. The minimum Gasteiger partial charge on any atom is -0.379 e. The number of hydrogen-bond donors (Lipinski definition) is 3. The van der Waals surface area contributed by atoms with Gasteiger partial charge in [-0.25, -0.2) is 17.9 Å². The number of thiophene rings is 1. The molecule has 0 aliphatic rings. The van der Waals surface area contributed by atoms with E-state index in [0.717, 1.165) is 17.0 Å². The largest absolute Gasteiger partial charge is 0.379 e. The second-order valence-corrected chi connectivity index (χ2v) is 9.27. The minimum absolute atomic E-state index is 0.0167. The van der Waals surface area contributed by atoms with Crippen molar-refractivity contribution < 1.29 is 22.5 Å². The molecule has 1 aromatic heterocycles. The van der Waals surface area contributed by atoms with E-state index in [1.807, 2.05) is 17.5 Å². The summed E-state index contributed by atoms with van der Waals surface area (Å²) in [6.45, 7) is 0.0575. The standard InChI is InChI=1S/C20H19FN4O5S2/c21-14-5-3-13(4-6-14)20(18-2-1-11-31-18)24-19(26)9-10-23-16-8-7-15(32(22,29)30)12-17(16)25(27)28/h1-8,11-12,20,23H,9-10H2,(H,24,26)(H2,22,29,30). The van der Waals surface area contributed by atoms with Gasteiger partial charge in [-0.15, -0.1) is 11.3 Å². The summed E-state index contributed by atoms with van der Waals surface area (Å²) >= 11 is 1.44. The molecule has 1 atom stereocenters. The van der Waals surface area contributed by atoms with Gasteiger partial charge in [0.05, 0.1) is 15.9 Å². The summed E-state index contributed by atoms with van der Waals surface area (Å²) in [4.78, 5) is 23.6. The molecule has 168 valence electrons. The van der Waals surface area contributed by atoms with Gasteiger partial charge in [0, 0.05) is 23.9 Å². The quantitative estimate of drug-likeness (QED) is 0.318. The van der Waals surface area contributed by atoms with Crippen molar-refractivity contribution in [3.8, 4) is 0 Å². The highest BCUT2D eigenvalue weighted by molar-refractivity contribution is 7.89. The zero-order valence-corrected chi connectivity index (χ0v) is 18.2. The molecule has 0 bridgehead atoms. The van der Waals surface area contributed by atoms with Crippen molar-refractivity contribution in [3.63, 3.8) is 0 Å². The first-order valence-electron chi connectivity index (χ1n) is 9.28. The van der Waals surface area contributed by atoms with Gasteiger partial charge in [-0.1, -0.05) is 18.2 Å². The molecule has 1 amide bonds. The van der Waals surface area contributed by atoms with E-state index in [1.54, 1.807) is 12.1 Å². The van der Waals surface area contributed by atoms with E-state index in [0.29, 0.717) is 5.56 Å². The highest BCUT2D eigenvalue weighted by atomic mass is 32.2. The number of amides is 1. The van der Waals surface area contributed by atoms with Crippen molar-refractivity contribution in [2.75, 3.05) is 11.9 Å². The van der Waals surface area contributed by atoms with E-state index in [2.05, 4.69) is 10.6 Å². The number of anilines is 1. The number of carbonyl (C=O) groups excluding carboxylic acids is 1.